The zero-order chi connectivity index (χ0) is 14.6. The highest BCUT2D eigenvalue weighted by atomic mass is 35.5. The van der Waals surface area contributed by atoms with E-state index in [2.05, 4.69) is 10.1 Å². The van der Waals surface area contributed by atoms with Crippen LogP contribution in [0.4, 0.5) is 0 Å². The van der Waals surface area contributed by atoms with Crippen LogP contribution in [0.25, 0.3) is 0 Å². The van der Waals surface area contributed by atoms with Crippen molar-refractivity contribution in [1.29, 1.82) is 0 Å². The first-order valence-corrected chi connectivity index (χ1v) is 8.87. The lowest BCUT2D eigenvalue weighted by molar-refractivity contribution is 0.463. The lowest BCUT2D eigenvalue weighted by atomic mass is 10.5. The third-order valence-electron chi connectivity index (χ3n) is 2.71. The number of halogens is 1. The molecule has 0 aromatic carbocycles. The largest absolute Gasteiger partial charge is 0.271 e. The van der Waals surface area contributed by atoms with Crippen LogP contribution in [0.5, 0.6) is 0 Å². The molecule has 20 heavy (non-hydrogen) atoms. The van der Waals surface area contributed by atoms with Crippen LogP contribution >= 0.6 is 22.9 Å². The number of aryl methyl sites for hydroxylation is 1. The molecule has 0 amide bonds. The van der Waals surface area contributed by atoms with Gasteiger partial charge < -0.3 is 0 Å². The van der Waals surface area contributed by atoms with E-state index in [1.165, 1.54) is 35.1 Å². The third-order valence-corrected chi connectivity index (χ3v) is 5.37. The SMILES string of the molecule is CN(Cc1cscn1)S(=O)(=O)c1cnn(CCCCl)c1. The highest BCUT2D eigenvalue weighted by molar-refractivity contribution is 7.89. The Balaban J connectivity index is 2.10. The maximum Gasteiger partial charge on any atom is 0.246 e. The standard InChI is InChI=1S/C11H15ClN4O2S2/c1-15(6-10-8-19-9-13-10)20(17,18)11-5-14-16(7-11)4-2-3-12/h5,7-9H,2-4,6H2,1H3. The Morgan fingerprint density at radius 1 is 1.50 bits per heavy atom. The van der Waals surface area contributed by atoms with Gasteiger partial charge in [-0.15, -0.1) is 22.9 Å². The summed E-state index contributed by atoms with van der Waals surface area (Å²) in [7, 11) is -2.01. The highest BCUT2D eigenvalue weighted by Gasteiger charge is 2.23. The van der Waals surface area contributed by atoms with E-state index in [9.17, 15) is 8.42 Å². The van der Waals surface area contributed by atoms with Gasteiger partial charge in [0.25, 0.3) is 0 Å². The molecular formula is C11H15ClN4O2S2. The topological polar surface area (TPSA) is 68.1 Å². The second-order valence-corrected chi connectivity index (χ2v) is 7.36. The van der Waals surface area contributed by atoms with E-state index < -0.39 is 10.0 Å². The van der Waals surface area contributed by atoms with Crippen LogP contribution in [0, 0.1) is 0 Å². The van der Waals surface area contributed by atoms with Gasteiger partial charge in [0.05, 0.1) is 23.9 Å². The molecule has 0 N–H and O–H groups in total. The van der Waals surface area contributed by atoms with Crippen molar-refractivity contribution in [1.82, 2.24) is 19.1 Å². The van der Waals surface area contributed by atoms with Crippen LogP contribution in [0.3, 0.4) is 0 Å². The van der Waals surface area contributed by atoms with E-state index in [1.54, 1.807) is 10.2 Å². The number of aromatic nitrogens is 3. The molecule has 0 radical (unpaired) electrons. The molecule has 0 aliphatic heterocycles. The molecule has 0 aliphatic carbocycles. The summed E-state index contributed by atoms with van der Waals surface area (Å²) in [5, 5.41) is 5.87. The Kier molecular flexibility index (Phi) is 5.14. The lowest BCUT2D eigenvalue weighted by Gasteiger charge is -2.14. The van der Waals surface area contributed by atoms with Crippen molar-refractivity contribution < 1.29 is 8.42 Å². The lowest BCUT2D eigenvalue weighted by Crippen LogP contribution is -2.26. The van der Waals surface area contributed by atoms with Crippen LogP contribution in [0.15, 0.2) is 28.2 Å². The predicted molar refractivity (Wildman–Crippen MR) is 78.3 cm³/mol. The fourth-order valence-corrected chi connectivity index (χ4v) is 3.40. The van der Waals surface area contributed by atoms with Gasteiger partial charge in [0.1, 0.15) is 4.90 Å². The Labute approximate surface area is 127 Å². The quantitative estimate of drug-likeness (QED) is 0.724. The zero-order valence-electron chi connectivity index (χ0n) is 10.9. The molecule has 2 heterocycles. The Morgan fingerprint density at radius 3 is 2.95 bits per heavy atom. The van der Waals surface area contributed by atoms with Gasteiger partial charge in [0.15, 0.2) is 0 Å². The van der Waals surface area contributed by atoms with Gasteiger partial charge in [0, 0.05) is 31.0 Å². The molecule has 0 saturated heterocycles. The van der Waals surface area contributed by atoms with Crippen LogP contribution < -0.4 is 0 Å². The molecule has 0 bridgehead atoms. The summed E-state index contributed by atoms with van der Waals surface area (Å²) >= 11 is 7.04. The van der Waals surface area contributed by atoms with E-state index in [0.29, 0.717) is 12.4 Å². The molecule has 6 nitrogen and oxygen atoms in total. The van der Waals surface area contributed by atoms with Gasteiger partial charge in [-0.1, -0.05) is 0 Å². The highest BCUT2D eigenvalue weighted by Crippen LogP contribution is 2.16. The first-order valence-electron chi connectivity index (χ1n) is 5.96. The average molecular weight is 335 g/mol. The van der Waals surface area contributed by atoms with Crippen LogP contribution in [-0.4, -0.2) is 40.4 Å². The van der Waals surface area contributed by atoms with E-state index in [0.717, 1.165) is 12.1 Å². The van der Waals surface area contributed by atoms with Gasteiger partial charge in [-0.2, -0.15) is 9.40 Å². The molecule has 0 spiro atoms. The zero-order valence-corrected chi connectivity index (χ0v) is 13.3. The smallest absolute Gasteiger partial charge is 0.246 e. The van der Waals surface area contributed by atoms with E-state index in [4.69, 9.17) is 11.6 Å². The summed E-state index contributed by atoms with van der Waals surface area (Å²) < 4.78 is 27.6. The summed E-state index contributed by atoms with van der Waals surface area (Å²) in [6.45, 7) is 0.855. The third kappa shape index (κ3) is 3.57. The van der Waals surface area contributed by atoms with Gasteiger partial charge in [-0.3, -0.25) is 4.68 Å². The van der Waals surface area contributed by atoms with Crippen molar-refractivity contribution in [2.24, 2.45) is 0 Å². The summed E-state index contributed by atoms with van der Waals surface area (Å²) in [6.07, 6.45) is 3.64. The Hall–Kier alpha value is -0.960. The monoisotopic (exact) mass is 334 g/mol. The van der Waals surface area contributed by atoms with Crippen molar-refractivity contribution in [3.63, 3.8) is 0 Å². The fourth-order valence-electron chi connectivity index (χ4n) is 1.63. The number of hydrogen-bond acceptors (Lipinski definition) is 5. The molecule has 0 saturated carbocycles. The number of rotatable bonds is 7. The van der Waals surface area contributed by atoms with E-state index >= 15 is 0 Å². The number of hydrogen-bond donors (Lipinski definition) is 0. The second kappa shape index (κ2) is 6.66. The average Bonchev–Trinajstić information content (AvgIpc) is 3.07. The van der Waals surface area contributed by atoms with Gasteiger partial charge in [-0.25, -0.2) is 13.4 Å². The minimum Gasteiger partial charge on any atom is -0.271 e. The maximum absolute atomic E-state index is 12.4. The summed E-state index contributed by atoms with van der Waals surface area (Å²) in [6, 6.07) is 0. The molecule has 110 valence electrons. The second-order valence-electron chi connectivity index (χ2n) is 4.22. The Bertz CT molecular complexity index is 639. The van der Waals surface area contributed by atoms with Gasteiger partial charge >= 0.3 is 0 Å². The van der Waals surface area contributed by atoms with Crippen molar-refractivity contribution in [3.8, 4) is 0 Å². The molecule has 2 aromatic rings. The summed E-state index contributed by atoms with van der Waals surface area (Å²) in [5.74, 6) is 0.520. The van der Waals surface area contributed by atoms with Gasteiger partial charge in [-0.05, 0) is 6.42 Å². The maximum atomic E-state index is 12.4. The molecule has 9 heteroatoms. The summed E-state index contributed by atoms with van der Waals surface area (Å²) in [4.78, 5) is 4.27. The number of thiazole rings is 1. The van der Waals surface area contributed by atoms with Crippen LogP contribution in [0.2, 0.25) is 0 Å². The fraction of sp³-hybridized carbons (Fsp3) is 0.455. The van der Waals surface area contributed by atoms with Crippen molar-refractivity contribution in [2.75, 3.05) is 12.9 Å². The predicted octanol–water partition coefficient (Wildman–Crippen LogP) is 1.79. The van der Waals surface area contributed by atoms with E-state index in [-0.39, 0.29) is 11.4 Å². The minimum absolute atomic E-state index is 0.185. The minimum atomic E-state index is -3.54. The normalized spacial score (nSPS) is 12.2. The first-order chi connectivity index (χ1) is 9.54. The van der Waals surface area contributed by atoms with E-state index in [1.807, 2.05) is 5.38 Å². The van der Waals surface area contributed by atoms with Crippen molar-refractivity contribution >= 4 is 33.0 Å². The molecule has 0 fully saturated rings. The van der Waals surface area contributed by atoms with Crippen LogP contribution in [-0.2, 0) is 23.1 Å². The number of alkyl halides is 1. The van der Waals surface area contributed by atoms with Crippen molar-refractivity contribution in [3.05, 3.63) is 29.0 Å². The number of sulfonamides is 1. The van der Waals surface area contributed by atoms with Crippen LogP contribution in [0.1, 0.15) is 12.1 Å². The molecule has 2 rings (SSSR count). The number of nitrogens with zero attached hydrogens (tertiary/aromatic N) is 4. The van der Waals surface area contributed by atoms with Gasteiger partial charge in [0.2, 0.25) is 10.0 Å². The summed E-state index contributed by atoms with van der Waals surface area (Å²) in [5.41, 5.74) is 2.41. The molecule has 0 unspecified atom stereocenters. The molecule has 0 aliphatic rings. The molecule has 2 aromatic heterocycles. The molecule has 0 atom stereocenters. The van der Waals surface area contributed by atoms with Crippen molar-refractivity contribution in [2.45, 2.75) is 24.4 Å². The Morgan fingerprint density at radius 2 is 2.30 bits per heavy atom. The first kappa shape index (κ1) is 15.4. The molecular weight excluding hydrogens is 320 g/mol.